The number of aromatic nitrogens is 2. The van der Waals surface area contributed by atoms with Gasteiger partial charge in [-0.2, -0.15) is 0 Å². The highest BCUT2D eigenvalue weighted by Gasteiger charge is 2.27. The molecule has 1 aromatic rings. The van der Waals surface area contributed by atoms with Crippen LogP contribution in [0.5, 0.6) is 0 Å². The minimum absolute atomic E-state index is 0.152. The van der Waals surface area contributed by atoms with Crippen LogP contribution in [-0.2, 0) is 21.3 Å². The molecule has 6 nitrogen and oxygen atoms in total. The van der Waals surface area contributed by atoms with Crippen LogP contribution >= 0.6 is 0 Å². The molecule has 2 heterocycles. The largest absolute Gasteiger partial charge is 0.325 e. The second-order valence-corrected chi connectivity index (χ2v) is 4.96. The molecule has 1 aliphatic rings. The van der Waals surface area contributed by atoms with E-state index in [0.29, 0.717) is 0 Å². The third-order valence-corrected chi connectivity index (χ3v) is 3.32. The van der Waals surface area contributed by atoms with E-state index in [1.54, 1.807) is 0 Å². The second-order valence-electron chi connectivity index (χ2n) is 2.90. The van der Waals surface area contributed by atoms with Crippen LogP contribution < -0.4 is 11.2 Å². The number of rotatable bonds is 0. The maximum atomic E-state index is 11.1. The van der Waals surface area contributed by atoms with Gasteiger partial charge in [0.2, 0.25) is 0 Å². The predicted molar refractivity (Wildman–Crippen MR) is 44.0 cm³/mol. The first-order valence-corrected chi connectivity index (χ1v) is 5.35. The van der Waals surface area contributed by atoms with Crippen molar-refractivity contribution >= 4 is 9.84 Å². The average molecular weight is 202 g/mol. The molecule has 0 amide bonds. The number of fused-ring (bicyclic) bond motifs is 1. The molecule has 2 rings (SSSR count). The fourth-order valence-electron chi connectivity index (χ4n) is 1.33. The molecular weight excluding hydrogens is 196 g/mol. The lowest BCUT2D eigenvalue weighted by Gasteiger charge is -1.91. The number of sulfone groups is 1. The van der Waals surface area contributed by atoms with Crippen molar-refractivity contribution in [3.63, 3.8) is 0 Å². The zero-order valence-electron chi connectivity index (χ0n) is 6.46. The van der Waals surface area contributed by atoms with E-state index in [-0.39, 0.29) is 22.8 Å². The highest BCUT2D eigenvalue weighted by molar-refractivity contribution is 7.90. The van der Waals surface area contributed by atoms with Crippen molar-refractivity contribution in [3.05, 3.63) is 32.1 Å². The van der Waals surface area contributed by atoms with Crippen molar-refractivity contribution in [1.82, 2.24) is 9.97 Å². The van der Waals surface area contributed by atoms with Gasteiger partial charge in [-0.1, -0.05) is 0 Å². The Morgan fingerprint density at radius 2 is 1.77 bits per heavy atom. The lowest BCUT2D eigenvalue weighted by molar-refractivity contribution is 0.597. The molecule has 0 unspecified atom stereocenters. The molecule has 70 valence electrons. The van der Waals surface area contributed by atoms with Gasteiger partial charge in [0.1, 0.15) is 0 Å². The minimum Gasteiger partial charge on any atom is -0.310 e. The molecule has 0 atom stereocenters. The fraction of sp³-hybridized carbons (Fsp3) is 0.333. The molecule has 0 aliphatic carbocycles. The summed E-state index contributed by atoms with van der Waals surface area (Å²) < 4.78 is 22.2. The predicted octanol–water partition coefficient (Wildman–Crippen LogP) is -1.51. The molecular formula is C6H6N2O4S. The maximum Gasteiger partial charge on any atom is 0.325 e. The molecule has 13 heavy (non-hydrogen) atoms. The summed E-state index contributed by atoms with van der Waals surface area (Å²) in [6.45, 7) is 0. The van der Waals surface area contributed by atoms with Crippen molar-refractivity contribution in [2.24, 2.45) is 0 Å². The monoisotopic (exact) mass is 202 g/mol. The van der Waals surface area contributed by atoms with Gasteiger partial charge in [-0.3, -0.25) is 9.78 Å². The maximum absolute atomic E-state index is 11.1. The Morgan fingerprint density at radius 3 is 2.46 bits per heavy atom. The van der Waals surface area contributed by atoms with Crippen LogP contribution in [0, 0.1) is 0 Å². The van der Waals surface area contributed by atoms with E-state index in [0.717, 1.165) is 0 Å². The van der Waals surface area contributed by atoms with E-state index in [9.17, 15) is 18.0 Å². The Morgan fingerprint density at radius 1 is 1.08 bits per heavy atom. The van der Waals surface area contributed by atoms with Gasteiger partial charge in [0.25, 0.3) is 5.56 Å². The first kappa shape index (κ1) is 8.24. The summed E-state index contributed by atoms with van der Waals surface area (Å²) in [5.74, 6) is -0.532. The quantitative estimate of drug-likeness (QED) is 0.534. The van der Waals surface area contributed by atoms with Crippen LogP contribution in [0.4, 0.5) is 0 Å². The van der Waals surface area contributed by atoms with Crippen LogP contribution in [0.2, 0.25) is 0 Å². The molecule has 0 spiro atoms. The van der Waals surface area contributed by atoms with E-state index in [1.807, 2.05) is 4.98 Å². The second kappa shape index (κ2) is 2.32. The van der Waals surface area contributed by atoms with Gasteiger partial charge >= 0.3 is 5.69 Å². The van der Waals surface area contributed by atoms with Crippen LogP contribution in [-0.4, -0.2) is 18.4 Å². The summed E-state index contributed by atoms with van der Waals surface area (Å²) >= 11 is 0. The summed E-state index contributed by atoms with van der Waals surface area (Å²) in [5.41, 5.74) is -0.908. The highest BCUT2D eigenvalue weighted by atomic mass is 32.2. The van der Waals surface area contributed by atoms with Crippen LogP contribution in [0.3, 0.4) is 0 Å². The third kappa shape index (κ3) is 1.31. The first-order chi connectivity index (χ1) is 5.98. The summed E-state index contributed by atoms with van der Waals surface area (Å²) in [5, 5.41) is 0. The van der Waals surface area contributed by atoms with Crippen LogP contribution in [0.1, 0.15) is 11.3 Å². The van der Waals surface area contributed by atoms with Gasteiger partial charge in [0.15, 0.2) is 9.84 Å². The highest BCUT2D eigenvalue weighted by Crippen LogP contribution is 2.17. The number of nitrogens with one attached hydrogen (secondary N) is 2. The Kier molecular flexibility index (Phi) is 1.47. The lowest BCUT2D eigenvalue weighted by Crippen LogP contribution is -2.25. The zero-order valence-corrected chi connectivity index (χ0v) is 7.27. The van der Waals surface area contributed by atoms with E-state index in [2.05, 4.69) is 4.98 Å². The summed E-state index contributed by atoms with van der Waals surface area (Å²) in [4.78, 5) is 26.1. The van der Waals surface area contributed by atoms with Crippen LogP contribution in [0.15, 0.2) is 9.59 Å². The first-order valence-electron chi connectivity index (χ1n) is 3.53. The summed E-state index contributed by atoms with van der Waals surface area (Å²) in [7, 11) is -3.23. The standard InChI is InChI=1S/C6H6N2O4S/c9-5-3-1-13(11,12)2-4(3)7-6(10)8-5/h1-2H2,(H2,7,8,9,10). The van der Waals surface area contributed by atoms with Gasteiger partial charge in [-0.25, -0.2) is 13.2 Å². The topological polar surface area (TPSA) is 99.9 Å². The van der Waals surface area contributed by atoms with E-state index in [1.165, 1.54) is 0 Å². The zero-order chi connectivity index (χ0) is 9.64. The SMILES string of the molecule is O=c1[nH]c2c(c(=O)[nH]1)CS(=O)(=O)C2. The average Bonchev–Trinajstić information content (AvgIpc) is 2.23. The van der Waals surface area contributed by atoms with Gasteiger partial charge in [0.05, 0.1) is 17.1 Å². The molecule has 0 radical (unpaired) electrons. The Hall–Kier alpha value is -1.37. The number of hydrogen-bond acceptors (Lipinski definition) is 4. The molecule has 1 aromatic heterocycles. The Bertz CT molecular complexity index is 565. The third-order valence-electron chi connectivity index (χ3n) is 1.86. The van der Waals surface area contributed by atoms with Crippen molar-refractivity contribution < 1.29 is 8.42 Å². The van der Waals surface area contributed by atoms with Gasteiger partial charge in [-0.15, -0.1) is 0 Å². The van der Waals surface area contributed by atoms with Crippen molar-refractivity contribution in [3.8, 4) is 0 Å². The van der Waals surface area contributed by atoms with Gasteiger partial charge < -0.3 is 4.98 Å². The van der Waals surface area contributed by atoms with Crippen LogP contribution in [0.25, 0.3) is 0 Å². The molecule has 0 fully saturated rings. The number of hydrogen-bond donors (Lipinski definition) is 2. The number of aromatic amines is 2. The molecule has 0 aromatic carbocycles. The molecule has 2 N–H and O–H groups in total. The summed E-state index contributed by atoms with van der Waals surface area (Å²) in [6, 6.07) is 0. The normalized spacial score (nSPS) is 18.5. The van der Waals surface area contributed by atoms with Crippen molar-refractivity contribution in [2.75, 3.05) is 0 Å². The molecule has 0 saturated heterocycles. The van der Waals surface area contributed by atoms with E-state index >= 15 is 0 Å². The smallest absolute Gasteiger partial charge is 0.310 e. The van der Waals surface area contributed by atoms with Crippen molar-refractivity contribution in [1.29, 1.82) is 0 Å². The molecule has 7 heteroatoms. The Balaban J connectivity index is 2.79. The van der Waals surface area contributed by atoms with E-state index in [4.69, 9.17) is 0 Å². The molecule has 0 bridgehead atoms. The van der Waals surface area contributed by atoms with Gasteiger partial charge in [0, 0.05) is 5.69 Å². The minimum atomic E-state index is -3.23. The van der Waals surface area contributed by atoms with E-state index < -0.39 is 21.1 Å². The van der Waals surface area contributed by atoms with Crippen molar-refractivity contribution in [2.45, 2.75) is 11.5 Å². The summed E-state index contributed by atoms with van der Waals surface area (Å²) in [6.07, 6.45) is 0. The van der Waals surface area contributed by atoms with Gasteiger partial charge in [-0.05, 0) is 0 Å². The number of H-pyrrole nitrogens is 2. The Labute approximate surface area is 72.5 Å². The molecule has 0 saturated carbocycles. The lowest BCUT2D eigenvalue weighted by atomic mass is 10.3. The fourth-order valence-corrected chi connectivity index (χ4v) is 2.86. The molecule has 1 aliphatic heterocycles.